The van der Waals surface area contributed by atoms with E-state index < -0.39 is 0 Å². The summed E-state index contributed by atoms with van der Waals surface area (Å²) in [5.41, 5.74) is 0. The summed E-state index contributed by atoms with van der Waals surface area (Å²) in [6.07, 6.45) is 1.39. The van der Waals surface area contributed by atoms with Crippen LogP contribution in [0.15, 0.2) is 0 Å². The summed E-state index contributed by atoms with van der Waals surface area (Å²) in [4.78, 5) is 13.5. The normalized spacial score (nSPS) is 14.4. The van der Waals surface area contributed by atoms with E-state index in [9.17, 15) is 4.79 Å². The number of hydrogen-bond donors (Lipinski definition) is 1. The van der Waals surface area contributed by atoms with Crippen molar-refractivity contribution in [3.8, 4) is 6.07 Å². The summed E-state index contributed by atoms with van der Waals surface area (Å²) in [6, 6.07) is 2.04. The Bertz CT molecular complexity index is 234. The summed E-state index contributed by atoms with van der Waals surface area (Å²) in [5.74, 6) is 0.0316. The van der Waals surface area contributed by atoms with Crippen molar-refractivity contribution in [2.45, 2.75) is 45.7 Å². The third-order valence-corrected chi connectivity index (χ3v) is 2.62. The highest BCUT2D eigenvalue weighted by Crippen LogP contribution is 2.05. The lowest BCUT2D eigenvalue weighted by atomic mass is 10.1. The van der Waals surface area contributed by atoms with E-state index >= 15 is 0 Å². The molecule has 0 aliphatic heterocycles. The second-order valence-corrected chi connectivity index (χ2v) is 3.84. The molecule has 0 rings (SSSR count). The molecular formula is C11H21N3O. The first-order valence-corrected chi connectivity index (χ1v) is 5.41. The number of nitriles is 1. The molecule has 2 atom stereocenters. The third kappa shape index (κ3) is 4.80. The van der Waals surface area contributed by atoms with Crippen molar-refractivity contribution in [3.05, 3.63) is 0 Å². The fraction of sp³-hybridized carbons (Fsp3) is 0.818. The van der Waals surface area contributed by atoms with Crippen LogP contribution in [-0.2, 0) is 4.79 Å². The molecule has 4 nitrogen and oxygen atoms in total. The van der Waals surface area contributed by atoms with Gasteiger partial charge >= 0.3 is 0 Å². The molecular weight excluding hydrogens is 190 g/mol. The lowest BCUT2D eigenvalue weighted by Crippen LogP contribution is -2.46. The standard InChI is InChI=1S/C11H21N3O/c1-5-8-13-11(15)10(3)14(4)9(2)6-7-12/h9-10H,5-6,8H2,1-4H3,(H,13,15). The van der Waals surface area contributed by atoms with E-state index in [0.29, 0.717) is 13.0 Å². The van der Waals surface area contributed by atoms with Gasteiger partial charge in [-0.3, -0.25) is 9.69 Å². The van der Waals surface area contributed by atoms with Gasteiger partial charge in [0, 0.05) is 12.6 Å². The largest absolute Gasteiger partial charge is 0.355 e. The van der Waals surface area contributed by atoms with Crippen molar-refractivity contribution in [1.82, 2.24) is 10.2 Å². The van der Waals surface area contributed by atoms with Crippen LogP contribution in [0, 0.1) is 11.3 Å². The Morgan fingerprint density at radius 1 is 1.53 bits per heavy atom. The van der Waals surface area contributed by atoms with Gasteiger partial charge in [0.05, 0.1) is 18.5 Å². The summed E-state index contributed by atoms with van der Waals surface area (Å²) in [7, 11) is 1.87. The number of carbonyl (C=O) groups excluding carboxylic acids is 1. The molecule has 1 N–H and O–H groups in total. The van der Waals surface area contributed by atoms with Crippen LogP contribution in [0.5, 0.6) is 0 Å². The van der Waals surface area contributed by atoms with Crippen molar-refractivity contribution < 1.29 is 4.79 Å². The summed E-state index contributed by atoms with van der Waals surface area (Å²) >= 11 is 0. The van der Waals surface area contributed by atoms with Crippen molar-refractivity contribution in [3.63, 3.8) is 0 Å². The van der Waals surface area contributed by atoms with Crippen molar-refractivity contribution in [2.75, 3.05) is 13.6 Å². The highest BCUT2D eigenvalue weighted by molar-refractivity contribution is 5.81. The number of rotatable bonds is 6. The minimum absolute atomic E-state index is 0.0316. The Morgan fingerprint density at radius 2 is 2.13 bits per heavy atom. The number of nitrogens with zero attached hydrogens (tertiary/aromatic N) is 2. The molecule has 0 aromatic heterocycles. The Labute approximate surface area is 92.3 Å². The van der Waals surface area contributed by atoms with Gasteiger partial charge in [-0.2, -0.15) is 5.26 Å². The smallest absolute Gasteiger partial charge is 0.237 e. The SMILES string of the molecule is CCCNC(=O)C(C)N(C)C(C)CC#N. The van der Waals surface area contributed by atoms with Gasteiger partial charge in [-0.25, -0.2) is 0 Å². The van der Waals surface area contributed by atoms with Gasteiger partial charge < -0.3 is 5.32 Å². The monoisotopic (exact) mass is 211 g/mol. The van der Waals surface area contributed by atoms with Gasteiger partial charge in [-0.15, -0.1) is 0 Å². The zero-order valence-electron chi connectivity index (χ0n) is 10.1. The maximum atomic E-state index is 11.6. The van der Waals surface area contributed by atoms with Crippen LogP contribution in [0.3, 0.4) is 0 Å². The molecule has 15 heavy (non-hydrogen) atoms. The molecule has 2 unspecified atom stereocenters. The van der Waals surface area contributed by atoms with Crippen molar-refractivity contribution >= 4 is 5.91 Å². The quantitative estimate of drug-likeness (QED) is 0.716. The average molecular weight is 211 g/mol. The topological polar surface area (TPSA) is 56.1 Å². The lowest BCUT2D eigenvalue weighted by Gasteiger charge is -2.28. The molecule has 0 saturated heterocycles. The predicted octanol–water partition coefficient (Wildman–Crippen LogP) is 1.14. The first-order valence-electron chi connectivity index (χ1n) is 5.41. The minimum Gasteiger partial charge on any atom is -0.355 e. The van der Waals surface area contributed by atoms with Crippen LogP contribution in [-0.4, -0.2) is 36.5 Å². The molecule has 0 aliphatic rings. The second kappa shape index (κ2) is 7.24. The molecule has 0 radical (unpaired) electrons. The van der Waals surface area contributed by atoms with Gasteiger partial charge in [0.25, 0.3) is 0 Å². The molecule has 0 spiro atoms. The molecule has 0 heterocycles. The molecule has 86 valence electrons. The number of amides is 1. The third-order valence-electron chi connectivity index (χ3n) is 2.62. The van der Waals surface area contributed by atoms with E-state index in [1.807, 2.05) is 32.7 Å². The van der Waals surface area contributed by atoms with Crippen molar-refractivity contribution in [1.29, 1.82) is 5.26 Å². The number of hydrogen-bond acceptors (Lipinski definition) is 3. The van der Waals surface area contributed by atoms with E-state index in [-0.39, 0.29) is 18.0 Å². The summed E-state index contributed by atoms with van der Waals surface area (Å²) in [5, 5.41) is 11.4. The van der Waals surface area contributed by atoms with Gasteiger partial charge in [-0.05, 0) is 27.3 Å². The molecule has 0 fully saturated rings. The fourth-order valence-corrected chi connectivity index (χ4v) is 1.24. The number of nitrogens with one attached hydrogen (secondary N) is 1. The van der Waals surface area contributed by atoms with Crippen LogP contribution >= 0.6 is 0 Å². The maximum Gasteiger partial charge on any atom is 0.237 e. The van der Waals surface area contributed by atoms with Crippen LogP contribution in [0.1, 0.15) is 33.6 Å². The molecule has 0 aromatic rings. The molecule has 0 saturated carbocycles. The van der Waals surface area contributed by atoms with Gasteiger partial charge in [0.2, 0.25) is 5.91 Å². The first-order chi connectivity index (χ1) is 7.04. The summed E-state index contributed by atoms with van der Waals surface area (Å²) < 4.78 is 0. The number of likely N-dealkylation sites (N-methyl/N-ethyl adjacent to an activating group) is 1. The van der Waals surface area contributed by atoms with E-state index in [0.717, 1.165) is 6.42 Å². The maximum absolute atomic E-state index is 11.6. The van der Waals surface area contributed by atoms with Crippen LogP contribution in [0.2, 0.25) is 0 Å². The van der Waals surface area contributed by atoms with E-state index in [1.165, 1.54) is 0 Å². The van der Waals surface area contributed by atoms with Crippen molar-refractivity contribution in [2.24, 2.45) is 0 Å². The molecule has 1 amide bonds. The Hall–Kier alpha value is -1.08. The molecule has 0 aromatic carbocycles. The van der Waals surface area contributed by atoms with E-state index in [2.05, 4.69) is 11.4 Å². The Morgan fingerprint density at radius 3 is 2.60 bits per heavy atom. The van der Waals surface area contributed by atoms with Crippen LogP contribution in [0.4, 0.5) is 0 Å². The Kier molecular flexibility index (Phi) is 6.72. The zero-order valence-corrected chi connectivity index (χ0v) is 10.1. The molecule has 0 bridgehead atoms. The number of carbonyl (C=O) groups is 1. The van der Waals surface area contributed by atoms with E-state index in [4.69, 9.17) is 5.26 Å². The molecule has 4 heteroatoms. The first kappa shape index (κ1) is 13.9. The second-order valence-electron chi connectivity index (χ2n) is 3.84. The predicted molar refractivity (Wildman–Crippen MR) is 60.2 cm³/mol. The van der Waals surface area contributed by atoms with Crippen LogP contribution < -0.4 is 5.32 Å². The minimum atomic E-state index is -0.181. The lowest BCUT2D eigenvalue weighted by molar-refractivity contribution is -0.126. The average Bonchev–Trinajstić information content (AvgIpc) is 2.24. The zero-order chi connectivity index (χ0) is 11.8. The fourth-order valence-electron chi connectivity index (χ4n) is 1.24. The summed E-state index contributed by atoms with van der Waals surface area (Å²) in [6.45, 7) is 6.54. The molecule has 0 aliphatic carbocycles. The van der Waals surface area contributed by atoms with Crippen LogP contribution in [0.25, 0.3) is 0 Å². The highest BCUT2D eigenvalue weighted by atomic mass is 16.2. The van der Waals surface area contributed by atoms with E-state index in [1.54, 1.807) is 0 Å². The van der Waals surface area contributed by atoms with Gasteiger partial charge in [0.1, 0.15) is 0 Å². The van der Waals surface area contributed by atoms with Gasteiger partial charge in [0.15, 0.2) is 0 Å². The Balaban J connectivity index is 4.12. The van der Waals surface area contributed by atoms with Gasteiger partial charge in [-0.1, -0.05) is 6.92 Å². The highest BCUT2D eigenvalue weighted by Gasteiger charge is 2.21.